The minimum Gasteiger partial charge on any atom is -0.480 e. The minimum absolute atomic E-state index is 0.0380. The van der Waals surface area contributed by atoms with Crippen molar-refractivity contribution in [2.75, 3.05) is 26.4 Å². The highest BCUT2D eigenvalue weighted by molar-refractivity contribution is 6.74. The number of carbonyl (C=O) groups is 1. The van der Waals surface area contributed by atoms with Gasteiger partial charge in [0.25, 0.3) is 5.54 Å². The van der Waals surface area contributed by atoms with Gasteiger partial charge in [-0.3, -0.25) is 0 Å². The Morgan fingerprint density at radius 3 is 2.14 bits per heavy atom. The van der Waals surface area contributed by atoms with Gasteiger partial charge in [-0.25, -0.2) is 14.8 Å². The fraction of sp³-hybridized carbons (Fsp3) is 0.857. The second-order valence-electron chi connectivity index (χ2n) is 9.02. The fourth-order valence-electron chi connectivity index (χ4n) is 2.95. The molecule has 0 saturated carbocycles. The van der Waals surface area contributed by atoms with Gasteiger partial charge in [0, 0.05) is 0 Å². The van der Waals surface area contributed by atoms with Gasteiger partial charge < -0.3 is 18.6 Å². The second-order valence-corrected chi connectivity index (χ2v) is 13.8. The Morgan fingerprint density at radius 2 is 1.69 bits per heavy atom. The van der Waals surface area contributed by atoms with Crippen LogP contribution in [0.2, 0.25) is 18.1 Å². The largest absolute Gasteiger partial charge is 0.480 e. The van der Waals surface area contributed by atoms with Crippen molar-refractivity contribution in [1.29, 1.82) is 0 Å². The lowest BCUT2D eigenvalue weighted by Gasteiger charge is -2.46. The van der Waals surface area contributed by atoms with E-state index in [2.05, 4.69) is 38.9 Å². The smallest absolute Gasteiger partial charge is 0.346 e. The van der Waals surface area contributed by atoms with Crippen LogP contribution in [0.4, 0.5) is 0 Å². The highest BCUT2D eigenvalue weighted by Crippen LogP contribution is 2.41. The summed E-state index contributed by atoms with van der Waals surface area (Å²) in [6.45, 7) is 21.6. The summed E-state index contributed by atoms with van der Waals surface area (Å²) in [6.07, 6.45) is -0.594. The monoisotopic (exact) mass is 428 g/mol. The van der Waals surface area contributed by atoms with Crippen molar-refractivity contribution >= 4 is 26.1 Å². The summed E-state index contributed by atoms with van der Waals surface area (Å²) in [6, 6.07) is 0. The van der Waals surface area contributed by atoms with Gasteiger partial charge in [0.15, 0.2) is 8.32 Å². The van der Waals surface area contributed by atoms with Crippen molar-refractivity contribution in [2.24, 2.45) is 15.9 Å². The van der Waals surface area contributed by atoms with Crippen LogP contribution in [0.3, 0.4) is 0 Å². The number of ether oxygens (including phenoxy) is 3. The van der Waals surface area contributed by atoms with E-state index in [-0.39, 0.29) is 30.0 Å². The highest BCUT2D eigenvalue weighted by Gasteiger charge is 2.59. The third-order valence-corrected chi connectivity index (χ3v) is 9.86. The zero-order chi connectivity index (χ0) is 22.5. The number of hydrogen-bond donors (Lipinski definition) is 0. The SMILES string of the molecule is CCOC(=O)[C@@]1([C@H](O[Si](C)(C)C(C)(C)C)C(C)C)N=C(OCC)CN=C1OCC. The van der Waals surface area contributed by atoms with Crippen LogP contribution >= 0.6 is 0 Å². The lowest BCUT2D eigenvalue weighted by Crippen LogP contribution is -2.63. The molecular formula is C21H40N2O5Si. The van der Waals surface area contributed by atoms with Gasteiger partial charge in [-0.1, -0.05) is 34.6 Å². The van der Waals surface area contributed by atoms with E-state index in [1.807, 2.05) is 27.7 Å². The van der Waals surface area contributed by atoms with Crippen LogP contribution in [-0.2, 0) is 23.4 Å². The molecule has 1 aliphatic heterocycles. The maximum absolute atomic E-state index is 13.4. The first-order valence-corrected chi connectivity index (χ1v) is 13.5. The maximum atomic E-state index is 13.4. The van der Waals surface area contributed by atoms with Gasteiger partial charge >= 0.3 is 5.97 Å². The predicted molar refractivity (Wildman–Crippen MR) is 119 cm³/mol. The molecular weight excluding hydrogens is 388 g/mol. The third kappa shape index (κ3) is 5.60. The van der Waals surface area contributed by atoms with Gasteiger partial charge in [0.05, 0.1) is 25.9 Å². The fourth-order valence-corrected chi connectivity index (χ4v) is 4.38. The summed E-state index contributed by atoms with van der Waals surface area (Å²) in [7, 11) is -2.25. The summed E-state index contributed by atoms with van der Waals surface area (Å²) < 4.78 is 23.8. The van der Waals surface area contributed by atoms with Crippen molar-refractivity contribution in [3.05, 3.63) is 0 Å². The molecule has 1 rings (SSSR count). The van der Waals surface area contributed by atoms with Crippen molar-refractivity contribution in [2.45, 2.75) is 85.2 Å². The summed E-state index contributed by atoms with van der Waals surface area (Å²) in [4.78, 5) is 22.7. The molecule has 0 amide bonds. The number of aliphatic imine (C=N–C) groups is 2. The van der Waals surface area contributed by atoms with Crippen molar-refractivity contribution in [3.8, 4) is 0 Å². The molecule has 0 spiro atoms. The van der Waals surface area contributed by atoms with E-state index in [1.165, 1.54) is 0 Å². The second kappa shape index (κ2) is 10.1. The summed E-state index contributed by atoms with van der Waals surface area (Å²) in [5, 5.41) is -0.0416. The molecule has 168 valence electrons. The number of hydrogen-bond acceptors (Lipinski definition) is 7. The Morgan fingerprint density at radius 1 is 1.10 bits per heavy atom. The molecule has 0 saturated heterocycles. The van der Waals surface area contributed by atoms with Gasteiger partial charge in [-0.15, -0.1) is 0 Å². The topological polar surface area (TPSA) is 78.7 Å². The zero-order valence-corrected chi connectivity index (χ0v) is 20.9. The number of esters is 1. The summed E-state index contributed by atoms with van der Waals surface area (Å²) in [5.74, 6) is 0.0956. The molecule has 1 heterocycles. The predicted octanol–water partition coefficient (Wildman–Crippen LogP) is 4.22. The van der Waals surface area contributed by atoms with Crippen LogP contribution in [0.25, 0.3) is 0 Å². The van der Waals surface area contributed by atoms with Crippen LogP contribution in [0, 0.1) is 5.92 Å². The molecule has 0 bridgehead atoms. The molecule has 29 heavy (non-hydrogen) atoms. The van der Waals surface area contributed by atoms with Crippen LogP contribution in [0.5, 0.6) is 0 Å². The molecule has 0 aromatic rings. The highest BCUT2D eigenvalue weighted by atomic mass is 28.4. The lowest BCUT2D eigenvalue weighted by molar-refractivity contribution is -0.151. The molecule has 0 N–H and O–H groups in total. The van der Waals surface area contributed by atoms with Crippen LogP contribution < -0.4 is 0 Å². The first-order valence-electron chi connectivity index (χ1n) is 10.6. The van der Waals surface area contributed by atoms with E-state index >= 15 is 0 Å². The van der Waals surface area contributed by atoms with Gasteiger partial charge in [-0.05, 0) is 44.8 Å². The Balaban J connectivity index is 3.68. The van der Waals surface area contributed by atoms with Crippen molar-refractivity contribution < 1.29 is 23.4 Å². The minimum atomic E-state index is -2.25. The van der Waals surface area contributed by atoms with Crippen molar-refractivity contribution in [1.82, 2.24) is 0 Å². The molecule has 0 aliphatic carbocycles. The zero-order valence-electron chi connectivity index (χ0n) is 19.9. The van der Waals surface area contributed by atoms with Crippen LogP contribution in [0.1, 0.15) is 55.4 Å². The normalized spacial score (nSPS) is 21.3. The molecule has 1 aliphatic rings. The Labute approximate surface area is 177 Å². The third-order valence-electron chi connectivity index (χ3n) is 5.41. The Kier molecular flexibility index (Phi) is 8.89. The molecule has 0 aromatic carbocycles. The lowest BCUT2D eigenvalue weighted by atomic mass is 9.84. The first kappa shape index (κ1) is 25.6. The molecule has 0 fully saturated rings. The molecule has 2 atom stereocenters. The molecule has 8 heteroatoms. The van der Waals surface area contributed by atoms with E-state index in [9.17, 15) is 4.79 Å². The average molecular weight is 429 g/mol. The number of rotatable bonds is 8. The molecule has 0 radical (unpaired) electrons. The quantitative estimate of drug-likeness (QED) is 0.427. The van der Waals surface area contributed by atoms with Gasteiger partial charge in [0.1, 0.15) is 6.54 Å². The number of nitrogens with zero attached hydrogens (tertiary/aromatic N) is 2. The Hall–Kier alpha value is -1.41. The molecule has 0 aromatic heterocycles. The molecule has 7 nitrogen and oxygen atoms in total. The summed E-state index contributed by atoms with van der Waals surface area (Å²) >= 11 is 0. The standard InChI is InChI=1S/C21H40N2O5Si/c1-11-25-16-14-22-18(26-12-2)21(23-16,19(24)27-13-3)17(15(4)5)28-29(9,10)20(6,7)8/h15,17H,11-14H2,1-10H3/t17-,21+/m1/s1. The van der Waals surface area contributed by atoms with Crippen LogP contribution in [0.15, 0.2) is 9.98 Å². The van der Waals surface area contributed by atoms with E-state index in [4.69, 9.17) is 23.6 Å². The maximum Gasteiger partial charge on any atom is 0.346 e. The van der Waals surface area contributed by atoms with Crippen molar-refractivity contribution in [3.63, 3.8) is 0 Å². The van der Waals surface area contributed by atoms with Gasteiger partial charge in [-0.2, -0.15) is 0 Å². The van der Waals surface area contributed by atoms with E-state index < -0.39 is 25.9 Å². The first-order chi connectivity index (χ1) is 13.4. The average Bonchev–Trinajstić information content (AvgIpc) is 2.60. The van der Waals surface area contributed by atoms with E-state index in [0.717, 1.165) is 0 Å². The number of carbonyl (C=O) groups excluding carboxylic acids is 1. The van der Waals surface area contributed by atoms with E-state index in [1.54, 1.807) is 6.92 Å². The van der Waals surface area contributed by atoms with Crippen LogP contribution in [-0.4, -0.2) is 64.1 Å². The Bertz CT molecular complexity index is 625. The molecule has 0 unspecified atom stereocenters. The van der Waals surface area contributed by atoms with E-state index in [0.29, 0.717) is 19.1 Å². The van der Waals surface area contributed by atoms with Gasteiger partial charge in [0.2, 0.25) is 11.8 Å². The summed E-state index contributed by atoms with van der Waals surface area (Å²) in [5.41, 5.74) is -1.52.